The van der Waals surface area contributed by atoms with Crippen LogP contribution in [-0.4, -0.2) is 33.6 Å². The summed E-state index contributed by atoms with van der Waals surface area (Å²) in [5, 5.41) is 15.3. The van der Waals surface area contributed by atoms with E-state index in [0.717, 1.165) is 5.69 Å². The minimum atomic E-state index is -0.276. The topological polar surface area (TPSA) is 87.1 Å². The summed E-state index contributed by atoms with van der Waals surface area (Å²) in [6.45, 7) is 4.60. The van der Waals surface area contributed by atoms with E-state index in [0.29, 0.717) is 23.9 Å². The summed E-state index contributed by atoms with van der Waals surface area (Å²) in [6.07, 6.45) is 1.38. The fourth-order valence-corrected chi connectivity index (χ4v) is 2.08. The molecule has 1 aromatic heterocycles. The number of nitrogens with one attached hydrogen (secondary N) is 2. The lowest BCUT2D eigenvalue weighted by molar-refractivity contribution is 0.102. The highest BCUT2D eigenvalue weighted by Crippen LogP contribution is 2.08. The molecule has 1 atom stereocenters. The molecule has 1 unspecified atom stereocenters. The lowest BCUT2D eigenvalue weighted by Gasteiger charge is -2.19. The van der Waals surface area contributed by atoms with Crippen LogP contribution in [0.3, 0.4) is 0 Å². The van der Waals surface area contributed by atoms with E-state index < -0.39 is 0 Å². The predicted molar refractivity (Wildman–Crippen MR) is 89.0 cm³/mol. The molecule has 3 N–H and O–H groups in total. The van der Waals surface area contributed by atoms with Crippen molar-refractivity contribution in [2.24, 2.45) is 5.92 Å². The quantitative estimate of drug-likeness (QED) is 0.726. The molecule has 1 heterocycles. The van der Waals surface area contributed by atoms with Crippen LogP contribution in [0.5, 0.6) is 0 Å². The van der Waals surface area contributed by atoms with Gasteiger partial charge in [0.1, 0.15) is 12.0 Å². The zero-order valence-corrected chi connectivity index (χ0v) is 13.4. The Labute approximate surface area is 136 Å². The molecular weight excluding hydrogens is 292 g/mol. The van der Waals surface area contributed by atoms with Crippen molar-refractivity contribution in [3.63, 3.8) is 0 Å². The molecule has 0 aliphatic rings. The number of carbonyl (C=O) groups excluding carboxylic acids is 1. The number of nitrogens with zero attached hydrogens (tertiary/aromatic N) is 2. The monoisotopic (exact) mass is 314 g/mol. The van der Waals surface area contributed by atoms with Crippen molar-refractivity contribution in [2.75, 3.05) is 11.9 Å². The number of benzene rings is 1. The molecule has 1 amide bonds. The summed E-state index contributed by atoms with van der Waals surface area (Å²) in [4.78, 5) is 20.4. The standard InChI is InChI=1S/C17H22N4O2/c1-12(2)16(10-22)18-9-14-8-15(20-11-19-14)17(23)21-13-6-4-3-5-7-13/h3-8,11-12,16,18,22H,9-10H2,1-2H3,(H,21,23). The summed E-state index contributed by atoms with van der Waals surface area (Å²) >= 11 is 0. The van der Waals surface area contributed by atoms with Gasteiger partial charge in [-0.3, -0.25) is 4.79 Å². The average molecular weight is 314 g/mol. The van der Waals surface area contributed by atoms with E-state index in [4.69, 9.17) is 0 Å². The van der Waals surface area contributed by atoms with E-state index in [9.17, 15) is 9.90 Å². The largest absolute Gasteiger partial charge is 0.395 e. The molecule has 6 nitrogen and oxygen atoms in total. The van der Waals surface area contributed by atoms with E-state index in [1.165, 1.54) is 6.33 Å². The van der Waals surface area contributed by atoms with Gasteiger partial charge in [-0.15, -0.1) is 0 Å². The molecule has 0 spiro atoms. The molecule has 0 radical (unpaired) electrons. The minimum absolute atomic E-state index is 0.00781. The Morgan fingerprint density at radius 2 is 1.96 bits per heavy atom. The number of amides is 1. The van der Waals surface area contributed by atoms with Crippen LogP contribution in [-0.2, 0) is 6.54 Å². The zero-order valence-electron chi connectivity index (χ0n) is 13.4. The maximum Gasteiger partial charge on any atom is 0.274 e. The van der Waals surface area contributed by atoms with Crippen LogP contribution in [0.25, 0.3) is 0 Å². The molecule has 0 bridgehead atoms. The van der Waals surface area contributed by atoms with Crippen molar-refractivity contribution in [2.45, 2.75) is 26.4 Å². The Kier molecular flexibility index (Phi) is 6.19. The summed E-state index contributed by atoms with van der Waals surface area (Å²) in [5.74, 6) is 0.0325. The molecular formula is C17H22N4O2. The summed E-state index contributed by atoms with van der Waals surface area (Å²) in [7, 11) is 0. The van der Waals surface area contributed by atoms with Crippen LogP contribution in [0.4, 0.5) is 5.69 Å². The van der Waals surface area contributed by atoms with Gasteiger partial charge in [0.25, 0.3) is 5.91 Å². The Hall–Kier alpha value is -2.31. The molecule has 23 heavy (non-hydrogen) atoms. The Morgan fingerprint density at radius 1 is 1.22 bits per heavy atom. The molecule has 6 heteroatoms. The summed E-state index contributed by atoms with van der Waals surface area (Å²) in [5.41, 5.74) is 1.74. The Bertz CT molecular complexity index is 632. The number of anilines is 1. The van der Waals surface area contributed by atoms with Gasteiger partial charge in [0.2, 0.25) is 0 Å². The molecule has 0 saturated carbocycles. The number of para-hydroxylation sites is 1. The molecule has 2 rings (SSSR count). The van der Waals surface area contributed by atoms with Crippen LogP contribution >= 0.6 is 0 Å². The predicted octanol–water partition coefficient (Wildman–Crippen LogP) is 1.84. The first-order chi connectivity index (χ1) is 11.1. The second-order valence-electron chi connectivity index (χ2n) is 5.63. The average Bonchev–Trinajstić information content (AvgIpc) is 2.56. The fraction of sp³-hybridized carbons (Fsp3) is 0.353. The van der Waals surface area contributed by atoms with Crippen LogP contribution < -0.4 is 10.6 Å². The minimum Gasteiger partial charge on any atom is -0.395 e. The number of hydrogen-bond acceptors (Lipinski definition) is 5. The molecule has 122 valence electrons. The zero-order chi connectivity index (χ0) is 16.7. The van der Waals surface area contributed by atoms with Gasteiger partial charge in [-0.05, 0) is 24.1 Å². The fourth-order valence-electron chi connectivity index (χ4n) is 2.08. The van der Waals surface area contributed by atoms with Gasteiger partial charge in [-0.1, -0.05) is 32.0 Å². The van der Waals surface area contributed by atoms with Crippen molar-refractivity contribution in [1.29, 1.82) is 0 Å². The van der Waals surface area contributed by atoms with Crippen LogP contribution in [0.2, 0.25) is 0 Å². The number of hydrogen-bond donors (Lipinski definition) is 3. The highest BCUT2D eigenvalue weighted by molar-refractivity contribution is 6.02. The van der Waals surface area contributed by atoms with Crippen LogP contribution in [0.15, 0.2) is 42.7 Å². The highest BCUT2D eigenvalue weighted by Gasteiger charge is 2.13. The number of aromatic nitrogens is 2. The van der Waals surface area contributed by atoms with E-state index in [2.05, 4.69) is 20.6 Å². The van der Waals surface area contributed by atoms with Crippen molar-refractivity contribution >= 4 is 11.6 Å². The molecule has 0 saturated heterocycles. The third-order valence-electron chi connectivity index (χ3n) is 3.53. The molecule has 0 aliphatic heterocycles. The first kappa shape index (κ1) is 17.1. The molecule has 1 aromatic carbocycles. The lowest BCUT2D eigenvalue weighted by atomic mass is 10.1. The van der Waals surface area contributed by atoms with Crippen molar-refractivity contribution in [1.82, 2.24) is 15.3 Å². The maximum absolute atomic E-state index is 12.2. The van der Waals surface area contributed by atoms with E-state index in [1.807, 2.05) is 44.2 Å². The third-order valence-corrected chi connectivity index (χ3v) is 3.53. The van der Waals surface area contributed by atoms with Crippen molar-refractivity contribution in [3.8, 4) is 0 Å². The van der Waals surface area contributed by atoms with Crippen molar-refractivity contribution < 1.29 is 9.90 Å². The normalized spacial score (nSPS) is 12.2. The van der Waals surface area contributed by atoms with E-state index in [1.54, 1.807) is 6.07 Å². The second kappa shape index (κ2) is 8.36. The van der Waals surface area contributed by atoms with Gasteiger partial charge < -0.3 is 15.7 Å². The van der Waals surface area contributed by atoms with Gasteiger partial charge in [-0.2, -0.15) is 0 Å². The van der Waals surface area contributed by atoms with Crippen LogP contribution in [0, 0.1) is 5.92 Å². The van der Waals surface area contributed by atoms with Crippen LogP contribution in [0.1, 0.15) is 30.0 Å². The number of carbonyl (C=O) groups is 1. The Balaban J connectivity index is 2.00. The smallest absolute Gasteiger partial charge is 0.274 e. The second-order valence-corrected chi connectivity index (χ2v) is 5.63. The number of rotatable bonds is 7. The van der Waals surface area contributed by atoms with Gasteiger partial charge in [-0.25, -0.2) is 9.97 Å². The van der Waals surface area contributed by atoms with Gasteiger partial charge in [0.15, 0.2) is 0 Å². The first-order valence-electron chi connectivity index (χ1n) is 7.61. The molecule has 0 aliphatic carbocycles. The summed E-state index contributed by atoms with van der Waals surface area (Å²) in [6, 6.07) is 10.9. The number of aliphatic hydroxyl groups excluding tert-OH is 1. The highest BCUT2D eigenvalue weighted by atomic mass is 16.3. The first-order valence-corrected chi connectivity index (χ1v) is 7.61. The molecule has 0 fully saturated rings. The SMILES string of the molecule is CC(C)C(CO)NCc1cc(C(=O)Nc2ccccc2)ncn1. The van der Waals surface area contributed by atoms with E-state index >= 15 is 0 Å². The molecule has 2 aromatic rings. The Morgan fingerprint density at radius 3 is 2.61 bits per heavy atom. The maximum atomic E-state index is 12.2. The number of aliphatic hydroxyl groups is 1. The summed E-state index contributed by atoms with van der Waals surface area (Å²) < 4.78 is 0. The van der Waals surface area contributed by atoms with Gasteiger partial charge >= 0.3 is 0 Å². The van der Waals surface area contributed by atoms with Gasteiger partial charge in [0.05, 0.1) is 12.3 Å². The van der Waals surface area contributed by atoms with Gasteiger partial charge in [0, 0.05) is 18.3 Å². The third kappa shape index (κ3) is 5.12. The lowest BCUT2D eigenvalue weighted by Crippen LogP contribution is -2.36. The van der Waals surface area contributed by atoms with E-state index in [-0.39, 0.29) is 18.6 Å². The van der Waals surface area contributed by atoms with Crippen molar-refractivity contribution in [3.05, 3.63) is 54.1 Å².